The minimum absolute atomic E-state index is 0. The fraction of sp³-hybridized carbons (Fsp3) is 0.0500. The summed E-state index contributed by atoms with van der Waals surface area (Å²) >= 11 is 1.73. The standard InChI is InChI=1S/C20H15N2S.Ir/c1-3-7-15(8-4-1)16-11-13-18(14-12-16)20-22-21-19(23-20)17-9-5-2-6-10-17;/h1-9,11-14,20,22H;/q-1;. The summed E-state index contributed by atoms with van der Waals surface area (Å²) in [5.41, 5.74) is 7.94. The van der Waals surface area contributed by atoms with Gasteiger partial charge >= 0.3 is 0 Å². The first kappa shape index (κ1) is 17.0. The molecule has 1 atom stereocenters. The monoisotopic (exact) mass is 508 g/mol. The van der Waals surface area contributed by atoms with Crippen molar-refractivity contribution in [1.82, 2.24) is 5.43 Å². The first-order chi connectivity index (χ1) is 11.4. The topological polar surface area (TPSA) is 24.4 Å². The van der Waals surface area contributed by atoms with Crippen molar-refractivity contribution in [3.63, 3.8) is 0 Å². The Morgan fingerprint density at radius 1 is 0.833 bits per heavy atom. The molecule has 1 N–H and O–H groups in total. The van der Waals surface area contributed by atoms with Crippen LogP contribution in [0.2, 0.25) is 0 Å². The summed E-state index contributed by atoms with van der Waals surface area (Å²) in [6, 6.07) is 30.2. The van der Waals surface area contributed by atoms with Gasteiger partial charge in [-0.3, -0.25) is 0 Å². The van der Waals surface area contributed by atoms with Crippen LogP contribution < -0.4 is 5.43 Å². The van der Waals surface area contributed by atoms with Crippen molar-refractivity contribution in [2.75, 3.05) is 0 Å². The van der Waals surface area contributed by atoms with E-state index in [1.54, 1.807) is 11.8 Å². The minimum Gasteiger partial charge on any atom is -0.301 e. The van der Waals surface area contributed by atoms with E-state index in [2.05, 4.69) is 65.1 Å². The molecule has 0 spiro atoms. The number of thioether (sulfide) groups is 1. The van der Waals surface area contributed by atoms with Gasteiger partial charge in [0, 0.05) is 25.1 Å². The zero-order valence-electron chi connectivity index (χ0n) is 12.8. The number of rotatable bonds is 3. The van der Waals surface area contributed by atoms with E-state index in [9.17, 15) is 0 Å². The summed E-state index contributed by atoms with van der Waals surface area (Å²) in [4.78, 5) is 0. The largest absolute Gasteiger partial charge is 0.301 e. The molecule has 1 unspecified atom stereocenters. The second-order valence-electron chi connectivity index (χ2n) is 5.31. The molecule has 24 heavy (non-hydrogen) atoms. The second kappa shape index (κ2) is 7.80. The van der Waals surface area contributed by atoms with Gasteiger partial charge in [-0.2, -0.15) is 0 Å². The molecule has 1 radical (unpaired) electrons. The van der Waals surface area contributed by atoms with Gasteiger partial charge in [0.2, 0.25) is 0 Å². The molecule has 1 heterocycles. The van der Waals surface area contributed by atoms with Crippen LogP contribution >= 0.6 is 11.8 Å². The van der Waals surface area contributed by atoms with E-state index in [0.717, 1.165) is 10.6 Å². The Morgan fingerprint density at radius 2 is 1.54 bits per heavy atom. The Hall–Kier alpha value is -1.87. The summed E-state index contributed by atoms with van der Waals surface area (Å²) in [5.74, 6) is 0. The summed E-state index contributed by atoms with van der Waals surface area (Å²) in [7, 11) is 0. The number of hydrazone groups is 1. The number of nitrogens with zero attached hydrogens (tertiary/aromatic N) is 1. The first-order valence-electron chi connectivity index (χ1n) is 7.52. The Labute approximate surface area is 159 Å². The smallest absolute Gasteiger partial charge is 0.111 e. The molecule has 0 amide bonds. The van der Waals surface area contributed by atoms with Gasteiger partial charge in [0.15, 0.2) is 0 Å². The van der Waals surface area contributed by atoms with E-state index < -0.39 is 0 Å². The van der Waals surface area contributed by atoms with E-state index >= 15 is 0 Å². The Morgan fingerprint density at radius 3 is 2.25 bits per heavy atom. The van der Waals surface area contributed by atoms with E-state index in [0.29, 0.717) is 0 Å². The van der Waals surface area contributed by atoms with Crippen LogP contribution in [0.25, 0.3) is 11.1 Å². The summed E-state index contributed by atoms with van der Waals surface area (Å²) in [5, 5.41) is 5.59. The van der Waals surface area contributed by atoms with Crippen molar-refractivity contribution in [1.29, 1.82) is 0 Å². The van der Waals surface area contributed by atoms with Gasteiger partial charge in [0.25, 0.3) is 0 Å². The molecule has 121 valence electrons. The molecule has 1 aliphatic heterocycles. The Kier molecular flexibility index (Phi) is 5.52. The molecular formula is C20H15IrN2S-. The van der Waals surface area contributed by atoms with Crippen LogP contribution in [-0.4, -0.2) is 5.04 Å². The summed E-state index contributed by atoms with van der Waals surface area (Å²) < 4.78 is 0. The molecule has 0 saturated carbocycles. The van der Waals surface area contributed by atoms with Gasteiger partial charge < -0.3 is 5.43 Å². The van der Waals surface area contributed by atoms with Crippen molar-refractivity contribution in [2.24, 2.45) is 5.10 Å². The van der Waals surface area contributed by atoms with Gasteiger partial charge in [-0.1, -0.05) is 54.6 Å². The van der Waals surface area contributed by atoms with Gasteiger partial charge in [-0.05, 0) is 16.7 Å². The average Bonchev–Trinajstić information content (AvgIpc) is 3.14. The number of hydrogen-bond donors (Lipinski definition) is 1. The quantitative estimate of drug-likeness (QED) is 0.513. The molecule has 2 nitrogen and oxygen atoms in total. The summed E-state index contributed by atoms with van der Waals surface area (Å²) in [6.45, 7) is 0. The van der Waals surface area contributed by atoms with E-state index in [1.165, 1.54) is 16.7 Å². The zero-order valence-corrected chi connectivity index (χ0v) is 16.0. The maximum atomic E-state index is 4.44. The van der Waals surface area contributed by atoms with Crippen molar-refractivity contribution < 1.29 is 20.1 Å². The molecule has 4 heteroatoms. The molecular weight excluding hydrogens is 493 g/mol. The number of nitrogens with one attached hydrogen (secondary N) is 1. The SMILES string of the molecule is [Ir].[c-]1ccccc1C1=NNC(c2ccc(-c3ccccc3)cc2)S1. The van der Waals surface area contributed by atoms with Crippen LogP contribution in [0.4, 0.5) is 0 Å². The Balaban J connectivity index is 0.00000169. The molecule has 0 aliphatic carbocycles. The first-order valence-corrected chi connectivity index (χ1v) is 8.40. The predicted octanol–water partition coefficient (Wildman–Crippen LogP) is 4.85. The summed E-state index contributed by atoms with van der Waals surface area (Å²) in [6.07, 6.45) is 0. The van der Waals surface area contributed by atoms with Crippen LogP contribution in [0.5, 0.6) is 0 Å². The molecule has 0 saturated heterocycles. The maximum absolute atomic E-state index is 4.44. The van der Waals surface area contributed by atoms with Gasteiger partial charge in [-0.25, -0.2) is 5.10 Å². The Bertz CT molecular complexity index is 817. The van der Waals surface area contributed by atoms with Crippen LogP contribution in [0.3, 0.4) is 0 Å². The fourth-order valence-corrected chi connectivity index (χ4v) is 3.54. The second-order valence-corrected chi connectivity index (χ2v) is 6.40. The molecule has 3 aromatic rings. The van der Waals surface area contributed by atoms with Crippen molar-refractivity contribution in [3.05, 3.63) is 96.1 Å². The van der Waals surface area contributed by atoms with Crippen LogP contribution in [0.15, 0.2) is 84.0 Å². The van der Waals surface area contributed by atoms with Crippen LogP contribution in [-0.2, 0) is 20.1 Å². The normalized spacial score (nSPS) is 16.0. The van der Waals surface area contributed by atoms with Crippen molar-refractivity contribution in [2.45, 2.75) is 5.37 Å². The molecule has 0 bridgehead atoms. The third-order valence-corrected chi connectivity index (χ3v) is 4.92. The van der Waals surface area contributed by atoms with E-state index in [-0.39, 0.29) is 25.5 Å². The molecule has 0 fully saturated rings. The molecule has 4 rings (SSSR count). The minimum atomic E-state index is 0. The van der Waals surface area contributed by atoms with Gasteiger partial charge in [-0.15, -0.1) is 47.7 Å². The van der Waals surface area contributed by atoms with Crippen molar-refractivity contribution >= 4 is 16.8 Å². The van der Waals surface area contributed by atoms with Crippen molar-refractivity contribution in [3.8, 4) is 11.1 Å². The molecule has 1 aliphatic rings. The van der Waals surface area contributed by atoms with Crippen LogP contribution in [0, 0.1) is 6.07 Å². The zero-order chi connectivity index (χ0) is 15.5. The van der Waals surface area contributed by atoms with Gasteiger partial charge in [0.05, 0.1) is 0 Å². The van der Waals surface area contributed by atoms with Gasteiger partial charge in [0.1, 0.15) is 5.37 Å². The number of benzene rings is 3. The predicted molar refractivity (Wildman–Crippen MR) is 97.2 cm³/mol. The third kappa shape index (κ3) is 3.62. The van der Waals surface area contributed by atoms with Crippen LogP contribution in [0.1, 0.15) is 16.5 Å². The number of hydrogen-bond acceptors (Lipinski definition) is 3. The molecule has 0 aromatic heterocycles. The average molecular weight is 508 g/mol. The maximum Gasteiger partial charge on any atom is 0.111 e. The molecule has 3 aromatic carbocycles. The van der Waals surface area contributed by atoms with E-state index in [4.69, 9.17) is 0 Å². The van der Waals surface area contributed by atoms with E-state index in [1.807, 2.05) is 30.3 Å². The third-order valence-electron chi connectivity index (χ3n) is 3.77. The fourth-order valence-electron chi connectivity index (χ4n) is 2.56.